The molecule has 5 nitrogen and oxygen atoms in total. The van der Waals surface area contributed by atoms with Crippen molar-refractivity contribution in [1.29, 1.82) is 0 Å². The van der Waals surface area contributed by atoms with Crippen LogP contribution in [0.25, 0.3) is 10.9 Å². The Kier molecular flexibility index (Phi) is 3.93. The number of aromatic nitrogens is 1. The molecular formula is C17H22N2O3. The van der Waals surface area contributed by atoms with E-state index in [4.69, 9.17) is 4.74 Å². The number of ether oxygens (including phenoxy) is 1. The fraction of sp³-hybridized carbons (Fsp3) is 0.471. The van der Waals surface area contributed by atoms with Crippen molar-refractivity contribution in [2.75, 3.05) is 13.1 Å². The number of aromatic amines is 1. The molecule has 2 unspecified atom stereocenters. The molecule has 3 rings (SSSR count). The lowest BCUT2D eigenvalue weighted by Gasteiger charge is -2.35. The number of pyridine rings is 1. The fourth-order valence-electron chi connectivity index (χ4n) is 3.21. The zero-order valence-electron chi connectivity index (χ0n) is 13.2. The van der Waals surface area contributed by atoms with Crippen molar-refractivity contribution in [2.45, 2.75) is 39.5 Å². The lowest BCUT2D eigenvalue weighted by atomic mass is 10.1. The monoisotopic (exact) mass is 302 g/mol. The molecule has 118 valence electrons. The van der Waals surface area contributed by atoms with Crippen LogP contribution in [-0.2, 0) is 11.3 Å². The van der Waals surface area contributed by atoms with E-state index in [1.807, 2.05) is 39.0 Å². The maximum Gasteiger partial charge on any atom is 0.256 e. The predicted octanol–water partition coefficient (Wildman–Crippen LogP) is 2.15. The number of hydrogen-bond donors (Lipinski definition) is 2. The van der Waals surface area contributed by atoms with Crippen LogP contribution in [0, 0.1) is 6.92 Å². The summed E-state index contributed by atoms with van der Waals surface area (Å²) in [5.74, 6) is 0.0919. The highest BCUT2D eigenvalue weighted by molar-refractivity contribution is 5.86. The smallest absolute Gasteiger partial charge is 0.256 e. The van der Waals surface area contributed by atoms with Crippen LogP contribution in [0.1, 0.15) is 25.0 Å². The molecule has 0 saturated carbocycles. The average Bonchev–Trinajstić information content (AvgIpc) is 2.43. The highest BCUT2D eigenvalue weighted by atomic mass is 16.5. The molecular weight excluding hydrogens is 280 g/mol. The summed E-state index contributed by atoms with van der Waals surface area (Å²) < 4.78 is 5.71. The molecule has 2 atom stereocenters. The van der Waals surface area contributed by atoms with Crippen LogP contribution in [0.3, 0.4) is 0 Å². The predicted molar refractivity (Wildman–Crippen MR) is 86.3 cm³/mol. The van der Waals surface area contributed by atoms with Gasteiger partial charge in [-0.15, -0.1) is 0 Å². The molecule has 1 aliphatic heterocycles. The highest BCUT2D eigenvalue weighted by Gasteiger charge is 2.24. The Balaban J connectivity index is 1.98. The van der Waals surface area contributed by atoms with E-state index in [0.29, 0.717) is 23.0 Å². The number of nitrogens with zero attached hydrogens (tertiary/aromatic N) is 1. The zero-order chi connectivity index (χ0) is 15.9. The first-order chi connectivity index (χ1) is 10.4. The number of benzene rings is 1. The first kappa shape index (κ1) is 15.1. The molecule has 22 heavy (non-hydrogen) atoms. The van der Waals surface area contributed by atoms with Crippen LogP contribution in [0.15, 0.2) is 23.0 Å². The van der Waals surface area contributed by atoms with Gasteiger partial charge in [-0.05, 0) is 32.9 Å². The molecule has 0 radical (unpaired) electrons. The first-order valence-corrected chi connectivity index (χ1v) is 7.66. The minimum Gasteiger partial charge on any atom is -0.507 e. The van der Waals surface area contributed by atoms with Crippen molar-refractivity contribution in [3.05, 3.63) is 39.7 Å². The second-order valence-corrected chi connectivity index (χ2v) is 6.28. The summed E-state index contributed by atoms with van der Waals surface area (Å²) in [7, 11) is 0. The Morgan fingerprint density at radius 3 is 2.68 bits per heavy atom. The summed E-state index contributed by atoms with van der Waals surface area (Å²) in [5.41, 5.74) is 1.93. The van der Waals surface area contributed by atoms with E-state index < -0.39 is 0 Å². The lowest BCUT2D eigenvalue weighted by molar-refractivity contribution is -0.0707. The highest BCUT2D eigenvalue weighted by Crippen LogP contribution is 2.27. The van der Waals surface area contributed by atoms with Crippen molar-refractivity contribution in [1.82, 2.24) is 9.88 Å². The Hall–Kier alpha value is -1.85. The van der Waals surface area contributed by atoms with Gasteiger partial charge in [0.05, 0.1) is 23.3 Å². The Morgan fingerprint density at radius 2 is 2.00 bits per heavy atom. The number of H-pyrrole nitrogens is 1. The van der Waals surface area contributed by atoms with Gasteiger partial charge in [0.15, 0.2) is 0 Å². The molecule has 0 bridgehead atoms. The van der Waals surface area contributed by atoms with Crippen LogP contribution in [-0.4, -0.2) is 40.3 Å². The lowest BCUT2D eigenvalue weighted by Crippen LogP contribution is -2.45. The van der Waals surface area contributed by atoms with E-state index in [1.54, 1.807) is 0 Å². The van der Waals surface area contributed by atoms with Crippen molar-refractivity contribution in [2.24, 2.45) is 0 Å². The van der Waals surface area contributed by atoms with Crippen LogP contribution < -0.4 is 5.56 Å². The fourth-order valence-corrected chi connectivity index (χ4v) is 3.21. The van der Waals surface area contributed by atoms with E-state index in [-0.39, 0.29) is 23.5 Å². The Bertz CT molecular complexity index is 743. The van der Waals surface area contributed by atoms with Crippen LogP contribution >= 0.6 is 0 Å². The molecule has 1 aliphatic rings. The van der Waals surface area contributed by atoms with Crippen molar-refractivity contribution < 1.29 is 9.84 Å². The standard InChI is InChI=1S/C17H22N2O3/c1-10-4-5-15-13(6-10)16(20)14(17(21)18-15)9-19-7-11(2)22-12(3)8-19/h4-6,11-12H,7-9H2,1-3H3,(H2,18,20,21). The Morgan fingerprint density at radius 1 is 1.32 bits per heavy atom. The molecule has 2 N–H and O–H groups in total. The van der Waals surface area contributed by atoms with Gasteiger partial charge in [0.1, 0.15) is 5.75 Å². The first-order valence-electron chi connectivity index (χ1n) is 7.66. The van der Waals surface area contributed by atoms with E-state index in [1.165, 1.54) is 0 Å². The van der Waals surface area contributed by atoms with E-state index in [9.17, 15) is 9.90 Å². The van der Waals surface area contributed by atoms with Gasteiger partial charge in [-0.1, -0.05) is 11.6 Å². The molecule has 1 fully saturated rings. The second-order valence-electron chi connectivity index (χ2n) is 6.28. The molecule has 2 aromatic rings. The van der Waals surface area contributed by atoms with E-state index in [2.05, 4.69) is 9.88 Å². The van der Waals surface area contributed by atoms with Gasteiger partial charge in [-0.25, -0.2) is 0 Å². The maximum absolute atomic E-state index is 12.3. The van der Waals surface area contributed by atoms with Gasteiger partial charge in [0, 0.05) is 25.0 Å². The van der Waals surface area contributed by atoms with Gasteiger partial charge >= 0.3 is 0 Å². The third kappa shape index (κ3) is 2.87. The summed E-state index contributed by atoms with van der Waals surface area (Å²) in [6.45, 7) is 7.97. The summed E-state index contributed by atoms with van der Waals surface area (Å²) >= 11 is 0. The molecule has 5 heteroatoms. The number of aryl methyl sites for hydroxylation is 1. The summed E-state index contributed by atoms with van der Waals surface area (Å²) in [6, 6.07) is 5.64. The van der Waals surface area contributed by atoms with Crippen LogP contribution in [0.2, 0.25) is 0 Å². The van der Waals surface area contributed by atoms with Gasteiger partial charge in [0.25, 0.3) is 5.56 Å². The van der Waals surface area contributed by atoms with E-state index in [0.717, 1.165) is 18.7 Å². The zero-order valence-corrected chi connectivity index (χ0v) is 13.2. The summed E-state index contributed by atoms with van der Waals surface area (Å²) in [4.78, 5) is 17.3. The molecule has 0 spiro atoms. The van der Waals surface area contributed by atoms with Gasteiger partial charge in [-0.2, -0.15) is 0 Å². The second kappa shape index (κ2) is 5.74. The van der Waals surface area contributed by atoms with Gasteiger partial charge < -0.3 is 14.8 Å². The number of nitrogens with one attached hydrogen (secondary N) is 1. The van der Waals surface area contributed by atoms with E-state index >= 15 is 0 Å². The van der Waals surface area contributed by atoms with Crippen LogP contribution in [0.4, 0.5) is 0 Å². The number of hydrogen-bond acceptors (Lipinski definition) is 4. The molecule has 2 heterocycles. The van der Waals surface area contributed by atoms with Crippen LogP contribution in [0.5, 0.6) is 5.75 Å². The Labute approximate surface area is 129 Å². The minimum atomic E-state index is -0.222. The number of fused-ring (bicyclic) bond motifs is 1. The SMILES string of the molecule is Cc1ccc2[nH]c(=O)c(CN3CC(C)OC(C)C3)c(O)c2c1. The molecule has 1 aromatic heterocycles. The number of morpholine rings is 1. The normalized spacial score (nSPS) is 23.0. The third-order valence-electron chi connectivity index (χ3n) is 4.12. The quantitative estimate of drug-likeness (QED) is 0.892. The van der Waals surface area contributed by atoms with Crippen molar-refractivity contribution in [3.8, 4) is 5.75 Å². The maximum atomic E-state index is 12.3. The largest absolute Gasteiger partial charge is 0.507 e. The molecule has 1 saturated heterocycles. The van der Waals surface area contributed by atoms with Crippen molar-refractivity contribution in [3.63, 3.8) is 0 Å². The van der Waals surface area contributed by atoms with Gasteiger partial charge in [0.2, 0.25) is 0 Å². The van der Waals surface area contributed by atoms with Crippen molar-refractivity contribution >= 4 is 10.9 Å². The van der Waals surface area contributed by atoms with Gasteiger partial charge in [-0.3, -0.25) is 9.69 Å². The number of aromatic hydroxyl groups is 1. The molecule has 0 amide bonds. The number of rotatable bonds is 2. The third-order valence-corrected chi connectivity index (χ3v) is 4.12. The average molecular weight is 302 g/mol. The summed E-state index contributed by atoms with van der Waals surface area (Å²) in [6.07, 6.45) is 0.264. The topological polar surface area (TPSA) is 65.6 Å². The molecule has 0 aliphatic carbocycles. The minimum absolute atomic E-state index is 0.0919. The molecule has 1 aromatic carbocycles. The summed E-state index contributed by atoms with van der Waals surface area (Å²) in [5, 5.41) is 11.2.